The van der Waals surface area contributed by atoms with Crippen molar-refractivity contribution in [2.24, 2.45) is 11.3 Å². The molecule has 4 heteroatoms. The number of fused-ring (bicyclic) bond motifs is 1. The molecule has 0 unspecified atom stereocenters. The summed E-state index contributed by atoms with van der Waals surface area (Å²) in [5, 5.41) is 0. The molecule has 0 radical (unpaired) electrons. The summed E-state index contributed by atoms with van der Waals surface area (Å²) in [7, 11) is 0. The summed E-state index contributed by atoms with van der Waals surface area (Å²) in [6.45, 7) is 5.72. The lowest BCUT2D eigenvalue weighted by Gasteiger charge is -2.20. The molecule has 18 heavy (non-hydrogen) atoms. The van der Waals surface area contributed by atoms with Crippen molar-refractivity contribution in [1.82, 2.24) is 9.55 Å². The molecule has 0 amide bonds. The van der Waals surface area contributed by atoms with Crippen LogP contribution in [-0.2, 0) is 6.54 Å². The quantitative estimate of drug-likeness (QED) is 0.610. The van der Waals surface area contributed by atoms with Gasteiger partial charge in [-0.25, -0.2) is 0 Å². The summed E-state index contributed by atoms with van der Waals surface area (Å²) in [5.41, 5.74) is 2.88. The van der Waals surface area contributed by atoms with Gasteiger partial charge in [-0.05, 0) is 77.2 Å². The van der Waals surface area contributed by atoms with Gasteiger partial charge >= 0.3 is 0 Å². The predicted molar refractivity (Wildman–Crippen MR) is 86.3 cm³/mol. The summed E-state index contributed by atoms with van der Waals surface area (Å²) in [5.74, 6) is 0.730. The highest BCUT2D eigenvalue weighted by Crippen LogP contribution is 2.53. The molecule has 2 nitrogen and oxygen atoms in total. The number of aromatic amines is 1. The highest BCUT2D eigenvalue weighted by atomic mass is 127. The van der Waals surface area contributed by atoms with Crippen LogP contribution < -0.4 is 0 Å². The Morgan fingerprint density at radius 2 is 2.17 bits per heavy atom. The highest BCUT2D eigenvalue weighted by Gasteiger charge is 2.45. The second kappa shape index (κ2) is 4.34. The van der Waals surface area contributed by atoms with Crippen LogP contribution in [0.15, 0.2) is 18.2 Å². The summed E-state index contributed by atoms with van der Waals surface area (Å²) >= 11 is 7.82. The molecular weight excluding hydrogens is 355 g/mol. The smallest absolute Gasteiger partial charge is 0.178 e. The zero-order chi connectivity index (χ0) is 12.9. The summed E-state index contributed by atoms with van der Waals surface area (Å²) < 4.78 is 4.39. The molecule has 1 aliphatic rings. The van der Waals surface area contributed by atoms with Crippen molar-refractivity contribution in [2.45, 2.75) is 33.2 Å². The lowest BCUT2D eigenvalue weighted by Crippen LogP contribution is -2.17. The van der Waals surface area contributed by atoms with Gasteiger partial charge < -0.3 is 9.55 Å². The molecule has 1 N–H and O–H groups in total. The first-order valence-corrected chi connectivity index (χ1v) is 7.89. The molecule has 1 heterocycles. The fourth-order valence-corrected chi connectivity index (χ4v) is 3.45. The van der Waals surface area contributed by atoms with E-state index in [1.54, 1.807) is 0 Å². The van der Waals surface area contributed by atoms with Crippen LogP contribution in [0.25, 0.3) is 11.0 Å². The number of imidazole rings is 1. The molecule has 0 bridgehead atoms. The monoisotopic (exact) mass is 372 g/mol. The van der Waals surface area contributed by atoms with Crippen molar-refractivity contribution < 1.29 is 0 Å². The zero-order valence-corrected chi connectivity index (χ0v) is 13.6. The molecular formula is C14H17IN2S. The van der Waals surface area contributed by atoms with Crippen molar-refractivity contribution in [3.05, 3.63) is 26.5 Å². The molecule has 1 saturated carbocycles. The molecule has 96 valence electrons. The lowest BCUT2D eigenvalue weighted by atomic mass is 9.92. The van der Waals surface area contributed by atoms with E-state index in [9.17, 15) is 0 Å². The van der Waals surface area contributed by atoms with E-state index in [4.69, 9.17) is 12.2 Å². The second-order valence-electron chi connectivity index (χ2n) is 5.69. The van der Waals surface area contributed by atoms with Gasteiger partial charge in [-0.1, -0.05) is 13.8 Å². The maximum atomic E-state index is 5.48. The largest absolute Gasteiger partial charge is 0.331 e. The van der Waals surface area contributed by atoms with Crippen molar-refractivity contribution in [3.8, 4) is 0 Å². The van der Waals surface area contributed by atoms with Crippen LogP contribution in [0.4, 0.5) is 0 Å². The van der Waals surface area contributed by atoms with Gasteiger partial charge in [0, 0.05) is 10.1 Å². The topological polar surface area (TPSA) is 20.7 Å². The molecule has 1 aliphatic carbocycles. The minimum atomic E-state index is 0.482. The number of H-pyrrole nitrogens is 1. The van der Waals surface area contributed by atoms with Crippen LogP contribution in [0.3, 0.4) is 0 Å². The van der Waals surface area contributed by atoms with E-state index in [-0.39, 0.29) is 0 Å². The Balaban J connectivity index is 2.07. The Hall–Kier alpha value is -0.360. The Kier molecular flexibility index (Phi) is 3.05. The number of benzene rings is 1. The Morgan fingerprint density at radius 3 is 2.78 bits per heavy atom. The molecule has 0 saturated heterocycles. The molecule has 3 rings (SSSR count). The Bertz CT molecular complexity index is 649. The number of hydrogen-bond acceptors (Lipinski definition) is 1. The van der Waals surface area contributed by atoms with Gasteiger partial charge in [0.15, 0.2) is 4.77 Å². The molecule has 0 aliphatic heterocycles. The first kappa shape index (κ1) is 12.7. The number of hydrogen-bond donors (Lipinski definition) is 1. The third kappa shape index (κ3) is 2.03. The average Bonchev–Trinajstić information content (AvgIpc) is 3.02. The van der Waals surface area contributed by atoms with Crippen LogP contribution in [0.2, 0.25) is 0 Å². The third-order valence-electron chi connectivity index (χ3n) is 4.33. The van der Waals surface area contributed by atoms with Crippen molar-refractivity contribution >= 4 is 45.8 Å². The molecule has 1 aromatic heterocycles. The fraction of sp³-hybridized carbons (Fsp3) is 0.500. The van der Waals surface area contributed by atoms with Crippen LogP contribution in [0.1, 0.15) is 26.7 Å². The fourth-order valence-electron chi connectivity index (χ4n) is 2.69. The highest BCUT2D eigenvalue weighted by molar-refractivity contribution is 14.1. The first-order valence-electron chi connectivity index (χ1n) is 6.40. The second-order valence-corrected chi connectivity index (χ2v) is 7.33. The zero-order valence-electron chi connectivity index (χ0n) is 10.7. The number of aromatic nitrogens is 2. The number of nitrogens with one attached hydrogen (secondary N) is 1. The minimum absolute atomic E-state index is 0.482. The van der Waals surface area contributed by atoms with Gasteiger partial charge in [-0.3, -0.25) is 0 Å². The first-order chi connectivity index (χ1) is 8.52. The van der Waals surface area contributed by atoms with Crippen molar-refractivity contribution in [2.75, 3.05) is 0 Å². The lowest BCUT2D eigenvalue weighted by molar-refractivity contribution is 0.311. The summed E-state index contributed by atoms with van der Waals surface area (Å²) in [6.07, 6.45) is 2.67. The standard InChI is InChI=1S/C14H17IN2S/c1-9(2)14(5-6-14)8-17-12-4-3-10(15)7-11(12)16-13(17)18/h3-4,7,9H,5-6,8H2,1-2H3,(H,16,18). The molecule has 0 spiro atoms. The van der Waals surface area contributed by atoms with Crippen LogP contribution in [0, 0.1) is 19.7 Å². The van der Waals surface area contributed by atoms with E-state index in [1.807, 2.05) is 0 Å². The maximum Gasteiger partial charge on any atom is 0.178 e. The maximum absolute atomic E-state index is 5.48. The summed E-state index contributed by atoms with van der Waals surface area (Å²) in [4.78, 5) is 3.33. The third-order valence-corrected chi connectivity index (χ3v) is 5.32. The van der Waals surface area contributed by atoms with Crippen molar-refractivity contribution in [3.63, 3.8) is 0 Å². The van der Waals surface area contributed by atoms with E-state index >= 15 is 0 Å². The number of nitrogens with zero attached hydrogens (tertiary/aromatic N) is 1. The van der Waals surface area contributed by atoms with Gasteiger partial charge in [0.1, 0.15) is 0 Å². The molecule has 2 aromatic rings. The number of rotatable bonds is 3. The number of halogens is 1. The van der Waals surface area contributed by atoms with Crippen LogP contribution >= 0.6 is 34.8 Å². The summed E-state index contributed by atoms with van der Waals surface area (Å²) in [6, 6.07) is 6.49. The molecule has 0 atom stereocenters. The molecule has 1 aromatic carbocycles. The van der Waals surface area contributed by atoms with Crippen LogP contribution in [-0.4, -0.2) is 9.55 Å². The van der Waals surface area contributed by atoms with Crippen LogP contribution in [0.5, 0.6) is 0 Å². The van der Waals surface area contributed by atoms with E-state index in [1.165, 1.54) is 21.9 Å². The van der Waals surface area contributed by atoms with Gasteiger partial charge in [-0.2, -0.15) is 0 Å². The predicted octanol–water partition coefficient (Wildman–Crippen LogP) is 4.74. The van der Waals surface area contributed by atoms with E-state index in [2.05, 4.69) is 64.2 Å². The van der Waals surface area contributed by atoms with Crippen molar-refractivity contribution in [1.29, 1.82) is 0 Å². The molecule has 1 fully saturated rings. The Labute approximate surface area is 126 Å². The van der Waals surface area contributed by atoms with Gasteiger partial charge in [0.2, 0.25) is 0 Å². The van der Waals surface area contributed by atoms with E-state index in [0.717, 1.165) is 22.8 Å². The van der Waals surface area contributed by atoms with Gasteiger partial charge in [-0.15, -0.1) is 0 Å². The minimum Gasteiger partial charge on any atom is -0.331 e. The SMILES string of the molecule is CC(C)C1(Cn2c(=S)[nH]c3cc(I)ccc32)CC1. The van der Waals surface area contributed by atoms with Gasteiger partial charge in [0.25, 0.3) is 0 Å². The van der Waals surface area contributed by atoms with E-state index < -0.39 is 0 Å². The average molecular weight is 372 g/mol. The van der Waals surface area contributed by atoms with E-state index in [0.29, 0.717) is 5.41 Å². The normalized spacial score (nSPS) is 17.6. The Morgan fingerprint density at radius 1 is 1.44 bits per heavy atom. The van der Waals surface area contributed by atoms with Gasteiger partial charge in [0.05, 0.1) is 11.0 Å².